The SMILES string of the molecule is Cc1nc(-c2n[nH]c(-c3cn4ncnc4c(C)c3C)c2C(C)C)sc1C1CCN(CC2CCOCC2)CC1. The van der Waals surface area contributed by atoms with Crippen LogP contribution in [0.5, 0.6) is 0 Å². The highest BCUT2D eigenvalue weighted by Gasteiger charge is 2.29. The number of aromatic amines is 1. The summed E-state index contributed by atoms with van der Waals surface area (Å²) in [4.78, 5) is 13.6. The largest absolute Gasteiger partial charge is 0.381 e. The van der Waals surface area contributed by atoms with Crippen molar-refractivity contribution in [1.29, 1.82) is 0 Å². The zero-order valence-corrected chi connectivity index (χ0v) is 24.1. The van der Waals surface area contributed by atoms with Crippen LogP contribution in [-0.2, 0) is 4.74 Å². The predicted molar refractivity (Wildman–Crippen MR) is 152 cm³/mol. The van der Waals surface area contributed by atoms with Crippen molar-refractivity contribution in [2.45, 2.75) is 72.1 Å². The summed E-state index contributed by atoms with van der Waals surface area (Å²) < 4.78 is 7.42. The molecule has 6 rings (SSSR count). The average Bonchev–Trinajstić information content (AvgIpc) is 3.65. The second-order valence-electron chi connectivity index (χ2n) is 11.4. The molecule has 202 valence electrons. The number of hydrogen-bond donors (Lipinski definition) is 1. The number of aryl methyl sites for hydroxylation is 2. The van der Waals surface area contributed by atoms with E-state index in [1.807, 2.05) is 15.9 Å². The number of hydrogen-bond acceptors (Lipinski definition) is 7. The van der Waals surface area contributed by atoms with Crippen molar-refractivity contribution in [2.24, 2.45) is 5.92 Å². The van der Waals surface area contributed by atoms with Crippen molar-refractivity contribution in [2.75, 3.05) is 32.8 Å². The minimum absolute atomic E-state index is 0.297. The minimum atomic E-state index is 0.297. The van der Waals surface area contributed by atoms with E-state index < -0.39 is 0 Å². The van der Waals surface area contributed by atoms with E-state index in [2.05, 4.69) is 60.9 Å². The van der Waals surface area contributed by atoms with Crippen molar-refractivity contribution < 1.29 is 4.74 Å². The van der Waals surface area contributed by atoms with E-state index in [-0.39, 0.29) is 0 Å². The molecule has 4 aromatic heterocycles. The quantitative estimate of drug-likeness (QED) is 0.332. The molecule has 0 aromatic carbocycles. The van der Waals surface area contributed by atoms with Crippen LogP contribution in [0.2, 0.25) is 0 Å². The van der Waals surface area contributed by atoms with E-state index in [1.165, 1.54) is 67.0 Å². The number of aromatic nitrogens is 6. The molecule has 6 heterocycles. The van der Waals surface area contributed by atoms with Crippen LogP contribution in [0.15, 0.2) is 12.5 Å². The summed E-state index contributed by atoms with van der Waals surface area (Å²) in [5.74, 6) is 1.69. The molecule has 4 aromatic rings. The smallest absolute Gasteiger partial charge is 0.158 e. The lowest BCUT2D eigenvalue weighted by Crippen LogP contribution is -2.38. The van der Waals surface area contributed by atoms with E-state index in [4.69, 9.17) is 14.8 Å². The van der Waals surface area contributed by atoms with Gasteiger partial charge in [0.25, 0.3) is 0 Å². The van der Waals surface area contributed by atoms with E-state index >= 15 is 0 Å². The number of thiazole rings is 1. The number of nitrogens with zero attached hydrogens (tertiary/aromatic N) is 6. The minimum Gasteiger partial charge on any atom is -0.381 e. The molecule has 0 aliphatic carbocycles. The van der Waals surface area contributed by atoms with E-state index in [9.17, 15) is 0 Å². The maximum atomic E-state index is 5.55. The van der Waals surface area contributed by atoms with Crippen LogP contribution in [-0.4, -0.2) is 67.5 Å². The molecule has 2 saturated heterocycles. The molecule has 0 atom stereocenters. The lowest BCUT2D eigenvalue weighted by molar-refractivity contribution is 0.0488. The summed E-state index contributed by atoms with van der Waals surface area (Å²) in [5, 5.41) is 13.7. The molecular weight excluding hydrogens is 494 g/mol. The third kappa shape index (κ3) is 4.69. The number of pyridine rings is 1. The molecule has 0 radical (unpaired) electrons. The summed E-state index contributed by atoms with van der Waals surface area (Å²) in [6, 6.07) is 0. The first-order chi connectivity index (χ1) is 18.4. The van der Waals surface area contributed by atoms with Crippen LogP contribution in [0, 0.1) is 26.7 Å². The van der Waals surface area contributed by atoms with Gasteiger partial charge in [-0.15, -0.1) is 11.3 Å². The van der Waals surface area contributed by atoms with Gasteiger partial charge in [-0.2, -0.15) is 10.2 Å². The normalized spacial score (nSPS) is 18.3. The van der Waals surface area contributed by atoms with E-state index in [0.29, 0.717) is 11.8 Å². The summed E-state index contributed by atoms with van der Waals surface area (Å²) in [6.07, 6.45) is 8.54. The van der Waals surface area contributed by atoms with Crippen LogP contribution in [0.1, 0.15) is 78.6 Å². The zero-order valence-electron chi connectivity index (χ0n) is 23.3. The van der Waals surface area contributed by atoms with Crippen LogP contribution in [0.3, 0.4) is 0 Å². The van der Waals surface area contributed by atoms with E-state index in [0.717, 1.165) is 52.3 Å². The first-order valence-corrected chi connectivity index (χ1v) is 14.9. The summed E-state index contributed by atoms with van der Waals surface area (Å²) in [7, 11) is 0. The van der Waals surface area contributed by atoms with Gasteiger partial charge in [-0.05, 0) is 88.4 Å². The number of H-pyrrole nitrogens is 1. The topological polar surface area (TPSA) is 84.2 Å². The Hall–Kier alpha value is -2.62. The maximum Gasteiger partial charge on any atom is 0.158 e. The fraction of sp³-hybridized carbons (Fsp3) is 0.586. The van der Waals surface area contributed by atoms with Crippen molar-refractivity contribution in [3.8, 4) is 22.0 Å². The van der Waals surface area contributed by atoms with Gasteiger partial charge in [0.1, 0.15) is 17.0 Å². The molecule has 0 bridgehead atoms. The van der Waals surface area contributed by atoms with Gasteiger partial charge in [-0.25, -0.2) is 14.5 Å². The molecule has 2 aliphatic heterocycles. The second kappa shape index (κ2) is 10.5. The summed E-state index contributed by atoms with van der Waals surface area (Å²) in [5.41, 5.74) is 8.80. The highest BCUT2D eigenvalue weighted by molar-refractivity contribution is 7.15. The highest BCUT2D eigenvalue weighted by atomic mass is 32.1. The summed E-state index contributed by atoms with van der Waals surface area (Å²) >= 11 is 1.85. The fourth-order valence-corrected chi connectivity index (χ4v) is 7.53. The number of likely N-dealkylation sites (tertiary alicyclic amines) is 1. The first kappa shape index (κ1) is 25.6. The lowest BCUT2D eigenvalue weighted by Gasteiger charge is -2.35. The zero-order chi connectivity index (χ0) is 26.4. The first-order valence-electron chi connectivity index (χ1n) is 14.1. The van der Waals surface area contributed by atoms with Gasteiger partial charge in [-0.1, -0.05) is 13.8 Å². The number of ether oxygens (including phenoxy) is 1. The van der Waals surface area contributed by atoms with Gasteiger partial charge in [0.15, 0.2) is 5.65 Å². The Labute approximate surface area is 228 Å². The predicted octanol–water partition coefficient (Wildman–Crippen LogP) is 5.90. The average molecular weight is 534 g/mol. The Bertz CT molecular complexity index is 1420. The second-order valence-corrected chi connectivity index (χ2v) is 12.5. The van der Waals surface area contributed by atoms with Gasteiger partial charge in [0.2, 0.25) is 0 Å². The third-order valence-corrected chi connectivity index (χ3v) is 9.95. The van der Waals surface area contributed by atoms with Gasteiger partial charge < -0.3 is 9.64 Å². The van der Waals surface area contributed by atoms with Crippen molar-refractivity contribution in [3.05, 3.63) is 39.8 Å². The van der Waals surface area contributed by atoms with Gasteiger partial charge >= 0.3 is 0 Å². The van der Waals surface area contributed by atoms with Crippen LogP contribution in [0.4, 0.5) is 0 Å². The number of fused-ring (bicyclic) bond motifs is 1. The number of rotatable bonds is 6. The molecule has 9 heteroatoms. The van der Waals surface area contributed by atoms with Crippen molar-refractivity contribution in [1.82, 2.24) is 34.7 Å². The highest BCUT2D eigenvalue weighted by Crippen LogP contribution is 2.42. The van der Waals surface area contributed by atoms with Crippen molar-refractivity contribution in [3.63, 3.8) is 0 Å². The molecule has 0 unspecified atom stereocenters. The molecule has 8 nitrogen and oxygen atoms in total. The molecule has 0 saturated carbocycles. The van der Waals surface area contributed by atoms with Crippen molar-refractivity contribution >= 4 is 17.0 Å². The number of nitrogens with one attached hydrogen (secondary N) is 1. The number of piperidine rings is 1. The Morgan fingerprint density at radius 2 is 1.84 bits per heavy atom. The standard InChI is InChI=1S/C29H39N7OS/c1-17(2)24-25(23-15-36-28(30-16-31-36)19(4)18(23)3)33-34-26(24)29-32-20(5)27(38-29)22-6-10-35(11-7-22)14-21-8-12-37-13-9-21/h15-17,21-22H,6-14H2,1-5H3,(H,33,34). The van der Waals surface area contributed by atoms with Gasteiger partial charge in [0, 0.05) is 42.0 Å². The molecule has 1 N–H and O–H groups in total. The van der Waals surface area contributed by atoms with Gasteiger partial charge in [0.05, 0.1) is 11.4 Å². The molecule has 0 amide bonds. The maximum absolute atomic E-state index is 5.55. The molecule has 0 spiro atoms. The van der Waals surface area contributed by atoms with Crippen LogP contribution in [0.25, 0.3) is 27.6 Å². The Kier molecular flexibility index (Phi) is 7.09. The third-order valence-electron chi connectivity index (χ3n) is 8.63. The molecular formula is C29H39N7OS. The molecule has 2 aliphatic rings. The Morgan fingerprint density at radius 1 is 1.08 bits per heavy atom. The lowest BCUT2D eigenvalue weighted by atomic mass is 9.92. The van der Waals surface area contributed by atoms with E-state index in [1.54, 1.807) is 6.33 Å². The molecule has 2 fully saturated rings. The fourth-order valence-electron chi connectivity index (χ4n) is 6.30. The Morgan fingerprint density at radius 3 is 2.58 bits per heavy atom. The molecule has 38 heavy (non-hydrogen) atoms. The Balaban J connectivity index is 1.25. The summed E-state index contributed by atoms with van der Waals surface area (Å²) in [6.45, 7) is 16.4. The van der Waals surface area contributed by atoms with Crippen LogP contribution >= 0.6 is 11.3 Å². The van der Waals surface area contributed by atoms with Gasteiger partial charge in [-0.3, -0.25) is 5.10 Å². The monoisotopic (exact) mass is 533 g/mol. The van der Waals surface area contributed by atoms with Crippen LogP contribution < -0.4 is 0 Å².